The Kier molecular flexibility index (Phi) is 4.84. The van der Waals surface area contributed by atoms with Crippen molar-refractivity contribution < 1.29 is 31.6 Å². The van der Waals surface area contributed by atoms with E-state index in [4.69, 9.17) is 9.15 Å². The average Bonchev–Trinajstić information content (AvgIpc) is 2.95. The van der Waals surface area contributed by atoms with Crippen molar-refractivity contribution in [3.63, 3.8) is 0 Å². The second-order valence-corrected chi connectivity index (χ2v) is 8.01. The number of benzene rings is 2. The van der Waals surface area contributed by atoms with Gasteiger partial charge in [-0.15, -0.1) is 0 Å². The summed E-state index contributed by atoms with van der Waals surface area (Å²) < 4.78 is 46.6. The topological polar surface area (TPSA) is 90.7 Å². The first kappa shape index (κ1) is 18.8. The van der Waals surface area contributed by atoms with Crippen LogP contribution in [0.25, 0.3) is 11.0 Å². The molecule has 1 aromatic heterocycles. The highest BCUT2D eigenvalue weighted by atomic mass is 32.2. The van der Waals surface area contributed by atoms with Gasteiger partial charge in [0.1, 0.15) is 11.4 Å². The van der Waals surface area contributed by atoms with Crippen molar-refractivity contribution in [1.29, 1.82) is 0 Å². The molecule has 3 aromatic rings. The lowest BCUT2D eigenvalue weighted by atomic mass is 10.1. The Morgan fingerprint density at radius 3 is 2.41 bits per heavy atom. The number of sulfone groups is 1. The van der Waals surface area contributed by atoms with Crippen LogP contribution in [0.4, 0.5) is 4.39 Å². The SMILES string of the molecule is Cc1c(C(=O)OCC(=O)c2ccc(S(C)(=O)=O)cc2)oc2ccc(F)cc12. The highest BCUT2D eigenvalue weighted by molar-refractivity contribution is 7.90. The van der Waals surface area contributed by atoms with Gasteiger partial charge in [0.2, 0.25) is 5.76 Å². The largest absolute Gasteiger partial charge is 0.451 e. The fourth-order valence-corrected chi connectivity index (χ4v) is 3.19. The zero-order chi connectivity index (χ0) is 19.8. The van der Waals surface area contributed by atoms with Crippen LogP contribution >= 0.6 is 0 Å². The highest BCUT2D eigenvalue weighted by Crippen LogP contribution is 2.26. The Morgan fingerprint density at radius 1 is 1.11 bits per heavy atom. The summed E-state index contributed by atoms with van der Waals surface area (Å²) in [6, 6.07) is 9.18. The molecule has 1 heterocycles. The molecule has 3 rings (SSSR count). The van der Waals surface area contributed by atoms with Gasteiger partial charge in [-0.25, -0.2) is 17.6 Å². The fourth-order valence-electron chi connectivity index (χ4n) is 2.56. The van der Waals surface area contributed by atoms with Gasteiger partial charge in [0.05, 0.1) is 4.90 Å². The first-order chi connectivity index (χ1) is 12.7. The first-order valence-electron chi connectivity index (χ1n) is 7.86. The number of ether oxygens (including phenoxy) is 1. The predicted molar refractivity (Wildman–Crippen MR) is 95.1 cm³/mol. The molecule has 0 aliphatic carbocycles. The normalized spacial score (nSPS) is 11.5. The maximum atomic E-state index is 13.3. The predicted octanol–water partition coefficient (Wildman–Crippen LogP) is 3.32. The number of hydrogen-bond acceptors (Lipinski definition) is 6. The molecule has 140 valence electrons. The molecule has 8 heteroatoms. The van der Waals surface area contributed by atoms with E-state index in [0.29, 0.717) is 16.5 Å². The Balaban J connectivity index is 1.72. The zero-order valence-corrected chi connectivity index (χ0v) is 15.3. The Bertz CT molecular complexity index is 1140. The molecule has 2 aromatic carbocycles. The fraction of sp³-hybridized carbons (Fsp3) is 0.158. The van der Waals surface area contributed by atoms with Crippen LogP contribution in [0.15, 0.2) is 51.8 Å². The van der Waals surface area contributed by atoms with Crippen molar-refractivity contribution in [2.45, 2.75) is 11.8 Å². The van der Waals surface area contributed by atoms with Crippen molar-refractivity contribution in [3.8, 4) is 0 Å². The van der Waals surface area contributed by atoms with Gasteiger partial charge >= 0.3 is 5.97 Å². The van der Waals surface area contributed by atoms with Gasteiger partial charge in [0.15, 0.2) is 22.2 Å². The van der Waals surface area contributed by atoms with Crippen LogP contribution in [0.3, 0.4) is 0 Å². The van der Waals surface area contributed by atoms with Gasteiger partial charge in [-0.3, -0.25) is 4.79 Å². The number of ketones is 1. The van der Waals surface area contributed by atoms with E-state index >= 15 is 0 Å². The molecule has 0 saturated carbocycles. The van der Waals surface area contributed by atoms with E-state index in [1.54, 1.807) is 6.92 Å². The molecule has 0 aliphatic rings. The third-order valence-corrected chi connectivity index (χ3v) is 5.15. The van der Waals surface area contributed by atoms with Crippen LogP contribution in [-0.4, -0.2) is 33.0 Å². The van der Waals surface area contributed by atoms with E-state index < -0.39 is 34.0 Å². The summed E-state index contributed by atoms with van der Waals surface area (Å²) in [5.74, 6) is -1.90. The van der Waals surface area contributed by atoms with Crippen molar-refractivity contribution in [3.05, 3.63) is 65.2 Å². The van der Waals surface area contributed by atoms with Crippen molar-refractivity contribution in [2.24, 2.45) is 0 Å². The van der Waals surface area contributed by atoms with Crippen LogP contribution in [-0.2, 0) is 14.6 Å². The molecular weight excluding hydrogens is 375 g/mol. The van der Waals surface area contributed by atoms with E-state index in [2.05, 4.69) is 0 Å². The molecular formula is C19H15FO6S. The van der Waals surface area contributed by atoms with E-state index in [1.165, 1.54) is 42.5 Å². The van der Waals surface area contributed by atoms with Gasteiger partial charge < -0.3 is 9.15 Å². The van der Waals surface area contributed by atoms with Crippen molar-refractivity contribution >= 4 is 32.6 Å². The molecule has 0 fully saturated rings. The second-order valence-electron chi connectivity index (χ2n) is 5.99. The smallest absolute Gasteiger partial charge is 0.375 e. The number of hydrogen-bond donors (Lipinski definition) is 0. The molecule has 6 nitrogen and oxygen atoms in total. The summed E-state index contributed by atoms with van der Waals surface area (Å²) in [4.78, 5) is 24.4. The highest BCUT2D eigenvalue weighted by Gasteiger charge is 2.21. The molecule has 0 radical (unpaired) electrons. The van der Waals surface area contributed by atoms with Crippen LogP contribution in [0.1, 0.15) is 26.5 Å². The summed E-state index contributed by atoms with van der Waals surface area (Å²) in [5, 5.41) is 0.449. The number of esters is 1. The number of furan rings is 1. The van der Waals surface area contributed by atoms with Gasteiger partial charge in [-0.1, -0.05) is 0 Å². The molecule has 0 bridgehead atoms. The quantitative estimate of drug-likeness (QED) is 0.490. The number of aryl methyl sites for hydroxylation is 1. The van der Waals surface area contributed by atoms with Crippen LogP contribution in [0, 0.1) is 12.7 Å². The standard InChI is InChI=1S/C19H15FO6S/c1-11-15-9-13(20)5-8-17(15)26-18(11)19(22)25-10-16(21)12-3-6-14(7-4-12)27(2,23)24/h3-9H,10H2,1-2H3. The Hall–Kier alpha value is -3.00. The number of fused-ring (bicyclic) bond motifs is 1. The minimum Gasteiger partial charge on any atom is -0.451 e. The summed E-state index contributed by atoms with van der Waals surface area (Å²) in [7, 11) is -3.36. The van der Waals surface area contributed by atoms with E-state index in [1.807, 2.05) is 0 Å². The lowest BCUT2D eigenvalue weighted by Crippen LogP contribution is -2.14. The number of Topliss-reactive ketones (excluding diaryl/α,β-unsaturated/α-hetero) is 1. The average molecular weight is 390 g/mol. The van der Waals surface area contributed by atoms with Gasteiger partial charge in [0.25, 0.3) is 0 Å². The number of rotatable bonds is 5. The Labute approximate surface area is 154 Å². The molecule has 0 unspecified atom stereocenters. The summed E-state index contributed by atoms with van der Waals surface area (Å²) in [5.41, 5.74) is 0.960. The summed E-state index contributed by atoms with van der Waals surface area (Å²) in [6.07, 6.45) is 1.06. The van der Waals surface area contributed by atoms with Crippen LogP contribution in [0.2, 0.25) is 0 Å². The first-order valence-corrected chi connectivity index (χ1v) is 9.75. The maximum Gasteiger partial charge on any atom is 0.375 e. The minimum atomic E-state index is -3.36. The molecule has 0 atom stereocenters. The third-order valence-electron chi connectivity index (χ3n) is 4.02. The monoisotopic (exact) mass is 390 g/mol. The molecule has 0 saturated heterocycles. The van der Waals surface area contributed by atoms with Crippen LogP contribution in [0.5, 0.6) is 0 Å². The lowest BCUT2D eigenvalue weighted by molar-refractivity contribution is 0.0445. The van der Waals surface area contributed by atoms with Gasteiger partial charge in [0, 0.05) is 22.8 Å². The lowest BCUT2D eigenvalue weighted by Gasteiger charge is -2.04. The molecule has 27 heavy (non-hydrogen) atoms. The number of carbonyl (C=O) groups is 2. The molecule has 0 amide bonds. The maximum absolute atomic E-state index is 13.3. The van der Waals surface area contributed by atoms with E-state index in [-0.39, 0.29) is 16.2 Å². The number of halogens is 1. The van der Waals surface area contributed by atoms with Crippen LogP contribution < -0.4 is 0 Å². The summed E-state index contributed by atoms with van der Waals surface area (Å²) >= 11 is 0. The summed E-state index contributed by atoms with van der Waals surface area (Å²) in [6.45, 7) is 1.05. The van der Waals surface area contributed by atoms with E-state index in [0.717, 1.165) is 6.26 Å². The number of carbonyl (C=O) groups excluding carboxylic acids is 2. The molecule has 0 aliphatic heterocycles. The van der Waals surface area contributed by atoms with Crippen molar-refractivity contribution in [2.75, 3.05) is 12.9 Å². The molecule has 0 spiro atoms. The molecule has 0 N–H and O–H groups in total. The van der Waals surface area contributed by atoms with Gasteiger partial charge in [-0.2, -0.15) is 0 Å². The zero-order valence-electron chi connectivity index (χ0n) is 14.5. The van der Waals surface area contributed by atoms with Crippen molar-refractivity contribution in [1.82, 2.24) is 0 Å². The minimum absolute atomic E-state index is 0.0844. The van der Waals surface area contributed by atoms with E-state index in [9.17, 15) is 22.4 Å². The third kappa shape index (κ3) is 3.90. The Morgan fingerprint density at radius 2 is 1.78 bits per heavy atom. The van der Waals surface area contributed by atoms with Gasteiger partial charge in [-0.05, 0) is 49.4 Å². The second kappa shape index (κ2) is 6.96.